The molecule has 1 heterocycles. The fourth-order valence-electron chi connectivity index (χ4n) is 2.13. The highest BCUT2D eigenvalue weighted by molar-refractivity contribution is 6.12. The summed E-state index contributed by atoms with van der Waals surface area (Å²) in [5.41, 5.74) is 2.19. The zero-order chi connectivity index (χ0) is 16.5. The number of hydrogen-bond donors (Lipinski definition) is 1. The van der Waals surface area contributed by atoms with Gasteiger partial charge >= 0.3 is 0 Å². The van der Waals surface area contributed by atoms with E-state index in [0.29, 0.717) is 19.4 Å². The number of carbonyl (C=O) groups is 1. The minimum atomic E-state index is -0.194. The molecule has 0 spiro atoms. The molecule has 1 aromatic heterocycles. The smallest absolute Gasteiger partial charge is 0.164 e. The summed E-state index contributed by atoms with van der Waals surface area (Å²) in [6.45, 7) is 1.81. The molecule has 4 nitrogen and oxygen atoms in total. The largest absolute Gasteiger partial charge is 0.511 e. The molecule has 118 valence electrons. The molecule has 0 saturated carbocycles. The molecular formula is C19H20N2O2. The van der Waals surface area contributed by atoms with Crippen molar-refractivity contribution in [3.05, 3.63) is 77.3 Å². The molecule has 0 aliphatic heterocycles. The third-order valence-electron chi connectivity index (χ3n) is 3.38. The van der Waals surface area contributed by atoms with Crippen molar-refractivity contribution in [3.8, 4) is 0 Å². The number of aliphatic hydroxyl groups excluding tert-OH is 1. The summed E-state index contributed by atoms with van der Waals surface area (Å²) in [4.78, 5) is 20.1. The number of hydrogen-bond acceptors (Lipinski definition) is 4. The number of benzene rings is 1. The van der Waals surface area contributed by atoms with Crippen molar-refractivity contribution in [1.29, 1.82) is 0 Å². The van der Waals surface area contributed by atoms with Gasteiger partial charge in [0.1, 0.15) is 5.76 Å². The van der Waals surface area contributed by atoms with E-state index < -0.39 is 0 Å². The topological polar surface area (TPSA) is 62.5 Å². The van der Waals surface area contributed by atoms with Gasteiger partial charge in [-0.15, -0.1) is 0 Å². The van der Waals surface area contributed by atoms with Crippen LogP contribution < -0.4 is 0 Å². The Morgan fingerprint density at radius 1 is 1.17 bits per heavy atom. The van der Waals surface area contributed by atoms with Crippen LogP contribution in [0.25, 0.3) is 0 Å². The lowest BCUT2D eigenvalue weighted by atomic mass is 10.1. The van der Waals surface area contributed by atoms with Crippen LogP contribution >= 0.6 is 0 Å². The van der Waals surface area contributed by atoms with Crippen LogP contribution in [-0.2, 0) is 17.8 Å². The van der Waals surface area contributed by atoms with Crippen LogP contribution in [0.15, 0.2) is 71.1 Å². The first-order valence-electron chi connectivity index (χ1n) is 7.53. The zero-order valence-electron chi connectivity index (χ0n) is 13.1. The number of carbonyl (C=O) groups excluding carboxylic acids is 1. The van der Waals surface area contributed by atoms with Gasteiger partial charge in [-0.05, 0) is 31.0 Å². The summed E-state index contributed by atoms with van der Waals surface area (Å²) in [6.07, 6.45) is 4.23. The first-order valence-corrected chi connectivity index (χ1v) is 7.53. The maximum Gasteiger partial charge on any atom is 0.164 e. The van der Waals surface area contributed by atoms with Crippen LogP contribution in [-0.4, -0.2) is 22.1 Å². The lowest BCUT2D eigenvalue weighted by Crippen LogP contribution is -2.04. The van der Waals surface area contributed by atoms with Gasteiger partial charge in [0.2, 0.25) is 0 Å². The molecule has 2 aromatic rings. The Morgan fingerprint density at radius 3 is 2.57 bits per heavy atom. The summed E-state index contributed by atoms with van der Waals surface area (Å²) in [5, 5.41) is 10.2. The lowest BCUT2D eigenvalue weighted by molar-refractivity contribution is -0.113. The molecule has 0 fully saturated rings. The first-order chi connectivity index (χ1) is 11.2. The monoisotopic (exact) mass is 308 g/mol. The summed E-state index contributed by atoms with van der Waals surface area (Å²) in [6, 6.07) is 15.4. The van der Waals surface area contributed by atoms with E-state index in [1.54, 1.807) is 6.20 Å². The molecule has 0 aliphatic rings. The number of ketones is 1. The average Bonchev–Trinajstić information content (AvgIpc) is 2.58. The number of aryl methyl sites for hydroxylation is 1. The Morgan fingerprint density at radius 2 is 1.91 bits per heavy atom. The summed E-state index contributed by atoms with van der Waals surface area (Å²) in [5.74, 6) is -0.119. The predicted molar refractivity (Wildman–Crippen MR) is 91.5 cm³/mol. The molecule has 1 N–H and O–H groups in total. The van der Waals surface area contributed by atoms with E-state index in [1.807, 2.05) is 48.5 Å². The van der Waals surface area contributed by atoms with Gasteiger partial charge in [-0.2, -0.15) is 0 Å². The zero-order valence-corrected chi connectivity index (χ0v) is 13.1. The van der Waals surface area contributed by atoms with E-state index in [0.717, 1.165) is 11.3 Å². The quantitative estimate of drug-likeness (QED) is 0.482. The Kier molecular flexibility index (Phi) is 6.24. The third kappa shape index (κ3) is 5.51. The maximum atomic E-state index is 11.7. The third-order valence-corrected chi connectivity index (χ3v) is 3.38. The van der Waals surface area contributed by atoms with Crippen molar-refractivity contribution >= 4 is 12.0 Å². The highest BCUT2D eigenvalue weighted by Gasteiger charge is 2.09. The van der Waals surface area contributed by atoms with Crippen molar-refractivity contribution in [3.63, 3.8) is 0 Å². The molecule has 2 rings (SSSR count). The molecule has 4 heteroatoms. The van der Waals surface area contributed by atoms with Crippen LogP contribution in [0.3, 0.4) is 0 Å². The number of rotatable bonds is 7. The Bertz CT molecular complexity index is 692. The second-order valence-corrected chi connectivity index (χ2v) is 5.19. The highest BCUT2D eigenvalue weighted by atomic mass is 16.3. The van der Waals surface area contributed by atoms with Crippen LogP contribution in [0.1, 0.15) is 24.6 Å². The van der Waals surface area contributed by atoms with Crippen LogP contribution in [0.4, 0.5) is 0 Å². The fourth-order valence-corrected chi connectivity index (χ4v) is 2.13. The van der Waals surface area contributed by atoms with Crippen molar-refractivity contribution in [2.45, 2.75) is 26.3 Å². The highest BCUT2D eigenvalue weighted by Crippen LogP contribution is 2.11. The number of aliphatic imine (C=N–C) groups is 1. The molecule has 0 atom stereocenters. The second-order valence-electron chi connectivity index (χ2n) is 5.19. The predicted octanol–water partition coefficient (Wildman–Crippen LogP) is 3.69. The van der Waals surface area contributed by atoms with E-state index >= 15 is 0 Å². The van der Waals surface area contributed by atoms with Crippen LogP contribution in [0.5, 0.6) is 0 Å². The Hall–Kier alpha value is -2.75. The van der Waals surface area contributed by atoms with Crippen molar-refractivity contribution < 1.29 is 9.90 Å². The molecule has 0 aliphatic carbocycles. The summed E-state index contributed by atoms with van der Waals surface area (Å²) < 4.78 is 0. The summed E-state index contributed by atoms with van der Waals surface area (Å²) >= 11 is 0. The van der Waals surface area contributed by atoms with Crippen molar-refractivity contribution in [2.24, 2.45) is 4.99 Å². The molecule has 23 heavy (non-hydrogen) atoms. The number of nitrogens with zero attached hydrogens (tertiary/aromatic N) is 2. The van der Waals surface area contributed by atoms with Gasteiger partial charge in [0.25, 0.3) is 0 Å². The molecule has 1 aromatic carbocycles. The van der Waals surface area contributed by atoms with E-state index in [9.17, 15) is 9.90 Å². The van der Waals surface area contributed by atoms with Gasteiger partial charge < -0.3 is 5.11 Å². The van der Waals surface area contributed by atoms with Crippen molar-refractivity contribution in [2.75, 3.05) is 0 Å². The Labute approximate surface area is 136 Å². The van der Waals surface area contributed by atoms with E-state index in [4.69, 9.17) is 0 Å². The minimum absolute atomic E-state index is 0.0751. The van der Waals surface area contributed by atoms with E-state index in [1.165, 1.54) is 13.1 Å². The molecule has 0 saturated heterocycles. The standard InChI is InChI=1S/C19H20N2O2/c1-15(22)18(14-20-13-17-9-5-6-12-21-17)19(23)11-10-16-7-3-2-4-8-16/h2-9,12,14,23H,10-11,13H2,1H3. The SMILES string of the molecule is CC(=O)C(C=NCc1ccccn1)=C(O)CCc1ccccc1. The minimum Gasteiger partial charge on any atom is -0.511 e. The molecule has 0 unspecified atom stereocenters. The number of allylic oxidation sites excluding steroid dienone is 2. The van der Waals surface area contributed by atoms with Crippen LogP contribution in [0.2, 0.25) is 0 Å². The van der Waals surface area contributed by atoms with Gasteiger partial charge in [0.15, 0.2) is 5.78 Å². The first kappa shape index (κ1) is 16.6. The average molecular weight is 308 g/mol. The van der Waals surface area contributed by atoms with Crippen LogP contribution in [0, 0.1) is 0 Å². The molecule has 0 amide bonds. The van der Waals surface area contributed by atoms with Gasteiger partial charge in [-0.3, -0.25) is 14.8 Å². The second kappa shape index (κ2) is 8.63. The lowest BCUT2D eigenvalue weighted by Gasteiger charge is -2.05. The number of aliphatic hydroxyl groups is 1. The normalized spacial score (nSPS) is 12.2. The Balaban J connectivity index is 2.02. The molecular weight excluding hydrogens is 288 g/mol. The van der Waals surface area contributed by atoms with Gasteiger partial charge in [-0.1, -0.05) is 36.4 Å². The number of Topliss-reactive ketones (excluding diaryl/α,β-unsaturated/α-hetero) is 1. The van der Waals surface area contributed by atoms with Gasteiger partial charge in [0.05, 0.1) is 17.8 Å². The maximum absolute atomic E-state index is 11.7. The van der Waals surface area contributed by atoms with Gasteiger partial charge in [-0.25, -0.2) is 0 Å². The molecule has 0 bridgehead atoms. The van der Waals surface area contributed by atoms with Crippen molar-refractivity contribution in [1.82, 2.24) is 4.98 Å². The molecule has 0 radical (unpaired) electrons. The van der Waals surface area contributed by atoms with Gasteiger partial charge in [0, 0.05) is 18.8 Å². The fraction of sp³-hybridized carbons (Fsp3) is 0.211. The number of pyridine rings is 1. The summed E-state index contributed by atoms with van der Waals surface area (Å²) in [7, 11) is 0. The van der Waals surface area contributed by atoms with E-state index in [-0.39, 0.29) is 17.1 Å². The number of aromatic nitrogens is 1. The van der Waals surface area contributed by atoms with E-state index in [2.05, 4.69) is 9.98 Å².